The van der Waals surface area contributed by atoms with E-state index in [4.69, 9.17) is 9.47 Å². The summed E-state index contributed by atoms with van der Waals surface area (Å²) in [4.78, 5) is 13.9. The number of fused-ring (bicyclic) bond motifs is 1. The van der Waals surface area contributed by atoms with Crippen LogP contribution in [0.4, 0.5) is 0 Å². The van der Waals surface area contributed by atoms with Gasteiger partial charge in [0.1, 0.15) is 0 Å². The molecule has 8 nitrogen and oxygen atoms in total. The Balaban J connectivity index is 1.58. The Labute approximate surface area is 147 Å². The maximum Gasteiger partial charge on any atom is 0.240 e. The molecule has 0 atom stereocenters. The summed E-state index contributed by atoms with van der Waals surface area (Å²) in [7, 11) is -3.70. The zero-order chi connectivity index (χ0) is 17.7. The topological polar surface area (TPSA) is 97.0 Å². The lowest BCUT2D eigenvalue weighted by molar-refractivity contribution is -0.131. The summed E-state index contributed by atoms with van der Waals surface area (Å²) in [5.41, 5.74) is 0. The van der Waals surface area contributed by atoms with Crippen LogP contribution in [0.15, 0.2) is 23.1 Å². The SMILES string of the molecule is O=C(CCNS(=O)(=O)c1ccc2c(c1)OCCCO2)N1CCNCC1. The molecule has 0 radical (unpaired) electrons. The van der Waals surface area contributed by atoms with Crippen LogP contribution in [0.2, 0.25) is 0 Å². The van der Waals surface area contributed by atoms with Crippen LogP contribution < -0.4 is 19.5 Å². The van der Waals surface area contributed by atoms with Crippen molar-refractivity contribution in [3.05, 3.63) is 18.2 Å². The van der Waals surface area contributed by atoms with Gasteiger partial charge in [-0.15, -0.1) is 0 Å². The summed E-state index contributed by atoms with van der Waals surface area (Å²) in [6.07, 6.45) is 0.896. The van der Waals surface area contributed by atoms with E-state index >= 15 is 0 Å². The highest BCUT2D eigenvalue weighted by molar-refractivity contribution is 7.89. The van der Waals surface area contributed by atoms with Crippen LogP contribution in [0.5, 0.6) is 11.5 Å². The fourth-order valence-corrected chi connectivity index (χ4v) is 3.81. The van der Waals surface area contributed by atoms with E-state index in [0.717, 1.165) is 19.5 Å². The fraction of sp³-hybridized carbons (Fsp3) is 0.562. The number of amides is 1. The molecule has 0 aliphatic carbocycles. The average Bonchev–Trinajstić information content (AvgIpc) is 2.87. The molecule has 0 spiro atoms. The highest BCUT2D eigenvalue weighted by Crippen LogP contribution is 2.31. The van der Waals surface area contributed by atoms with E-state index in [0.29, 0.717) is 37.8 Å². The average molecular weight is 369 g/mol. The number of hydrogen-bond acceptors (Lipinski definition) is 6. The van der Waals surface area contributed by atoms with Crippen molar-refractivity contribution in [2.24, 2.45) is 0 Å². The fourth-order valence-electron chi connectivity index (χ4n) is 2.76. The van der Waals surface area contributed by atoms with E-state index < -0.39 is 10.0 Å². The first-order chi connectivity index (χ1) is 12.1. The van der Waals surface area contributed by atoms with Gasteiger partial charge in [0.25, 0.3) is 0 Å². The first kappa shape index (κ1) is 18.0. The number of piperazine rings is 1. The molecule has 3 rings (SSSR count). The molecule has 2 aliphatic rings. The van der Waals surface area contributed by atoms with Crippen molar-refractivity contribution in [1.29, 1.82) is 0 Å². The highest BCUT2D eigenvalue weighted by Gasteiger charge is 2.20. The van der Waals surface area contributed by atoms with Gasteiger partial charge in [0, 0.05) is 51.6 Å². The standard InChI is InChI=1S/C16H23N3O5S/c20-16(19-8-6-17-7-9-19)4-5-18-25(21,22)13-2-3-14-15(12-13)24-11-1-10-23-14/h2-3,12,17-18H,1,4-11H2. The molecule has 1 amide bonds. The largest absolute Gasteiger partial charge is 0.490 e. The van der Waals surface area contributed by atoms with E-state index in [9.17, 15) is 13.2 Å². The van der Waals surface area contributed by atoms with Crippen molar-refractivity contribution < 1.29 is 22.7 Å². The molecule has 1 aromatic carbocycles. The van der Waals surface area contributed by atoms with Crippen molar-refractivity contribution in [3.8, 4) is 11.5 Å². The van der Waals surface area contributed by atoms with Crippen LogP contribution in [0, 0.1) is 0 Å². The minimum atomic E-state index is -3.70. The number of hydrogen-bond donors (Lipinski definition) is 2. The second-order valence-electron chi connectivity index (χ2n) is 5.94. The Kier molecular flexibility index (Phi) is 5.77. The lowest BCUT2D eigenvalue weighted by atomic mass is 10.3. The van der Waals surface area contributed by atoms with Crippen LogP contribution >= 0.6 is 0 Å². The zero-order valence-corrected chi connectivity index (χ0v) is 14.8. The predicted molar refractivity (Wildman–Crippen MR) is 91.3 cm³/mol. The number of nitrogens with zero attached hydrogens (tertiary/aromatic N) is 1. The summed E-state index contributed by atoms with van der Waals surface area (Å²) in [6, 6.07) is 4.54. The van der Waals surface area contributed by atoms with Gasteiger partial charge in [0.2, 0.25) is 15.9 Å². The third kappa shape index (κ3) is 4.62. The van der Waals surface area contributed by atoms with E-state index in [1.165, 1.54) is 12.1 Å². The van der Waals surface area contributed by atoms with Crippen LogP contribution in [0.3, 0.4) is 0 Å². The van der Waals surface area contributed by atoms with Gasteiger partial charge in [0.05, 0.1) is 18.1 Å². The zero-order valence-electron chi connectivity index (χ0n) is 14.0. The molecule has 1 fully saturated rings. The first-order valence-electron chi connectivity index (χ1n) is 8.44. The van der Waals surface area contributed by atoms with E-state index in [2.05, 4.69) is 10.0 Å². The van der Waals surface area contributed by atoms with Gasteiger partial charge >= 0.3 is 0 Å². The van der Waals surface area contributed by atoms with Crippen LogP contribution in [-0.2, 0) is 14.8 Å². The molecular formula is C16H23N3O5S. The second kappa shape index (κ2) is 8.03. The molecule has 0 saturated carbocycles. The van der Waals surface area contributed by atoms with Gasteiger partial charge in [-0.05, 0) is 12.1 Å². The molecule has 1 aromatic rings. The Bertz CT molecular complexity index is 716. The van der Waals surface area contributed by atoms with E-state index in [1.807, 2.05) is 0 Å². The third-order valence-corrected chi connectivity index (χ3v) is 5.59. The number of benzene rings is 1. The van der Waals surface area contributed by atoms with Crippen molar-refractivity contribution in [2.45, 2.75) is 17.7 Å². The van der Waals surface area contributed by atoms with Gasteiger partial charge in [-0.25, -0.2) is 13.1 Å². The van der Waals surface area contributed by atoms with Gasteiger partial charge in [-0.1, -0.05) is 0 Å². The first-order valence-corrected chi connectivity index (χ1v) is 9.92. The minimum Gasteiger partial charge on any atom is -0.490 e. The van der Waals surface area contributed by atoms with Gasteiger partial charge in [0.15, 0.2) is 11.5 Å². The number of carbonyl (C=O) groups is 1. The molecule has 2 N–H and O–H groups in total. The van der Waals surface area contributed by atoms with E-state index in [1.54, 1.807) is 11.0 Å². The minimum absolute atomic E-state index is 0.0390. The molecule has 0 unspecified atom stereocenters. The summed E-state index contributed by atoms with van der Waals surface area (Å²) >= 11 is 0. The molecule has 0 aromatic heterocycles. The molecule has 25 heavy (non-hydrogen) atoms. The molecule has 138 valence electrons. The monoisotopic (exact) mass is 369 g/mol. The van der Waals surface area contributed by atoms with E-state index in [-0.39, 0.29) is 23.8 Å². The van der Waals surface area contributed by atoms with Gasteiger partial charge < -0.3 is 19.7 Å². The molecule has 2 aliphatic heterocycles. The predicted octanol–water partition coefficient (Wildman–Crippen LogP) is -0.0519. The number of sulfonamides is 1. The van der Waals surface area contributed by atoms with Gasteiger partial charge in [-0.3, -0.25) is 4.79 Å². The Morgan fingerprint density at radius 2 is 1.88 bits per heavy atom. The quantitative estimate of drug-likeness (QED) is 0.755. The number of carbonyl (C=O) groups excluding carboxylic acids is 1. The number of ether oxygens (including phenoxy) is 2. The Hall–Kier alpha value is -1.84. The van der Waals surface area contributed by atoms with Crippen molar-refractivity contribution in [2.75, 3.05) is 45.9 Å². The van der Waals surface area contributed by atoms with Crippen molar-refractivity contribution in [3.63, 3.8) is 0 Å². The highest BCUT2D eigenvalue weighted by atomic mass is 32.2. The smallest absolute Gasteiger partial charge is 0.240 e. The summed E-state index contributed by atoms with van der Waals surface area (Å²) in [5.74, 6) is 0.936. The Morgan fingerprint density at radius 3 is 2.64 bits per heavy atom. The molecular weight excluding hydrogens is 346 g/mol. The third-order valence-electron chi connectivity index (χ3n) is 4.13. The molecule has 0 bridgehead atoms. The second-order valence-corrected chi connectivity index (χ2v) is 7.70. The lowest BCUT2D eigenvalue weighted by Crippen LogP contribution is -2.47. The molecule has 1 saturated heterocycles. The van der Waals surface area contributed by atoms with Crippen molar-refractivity contribution in [1.82, 2.24) is 14.9 Å². The van der Waals surface area contributed by atoms with Gasteiger partial charge in [-0.2, -0.15) is 0 Å². The number of nitrogens with one attached hydrogen (secondary N) is 2. The van der Waals surface area contributed by atoms with Crippen LogP contribution in [-0.4, -0.2) is 65.2 Å². The van der Waals surface area contributed by atoms with Crippen molar-refractivity contribution >= 4 is 15.9 Å². The normalized spacial score (nSPS) is 17.8. The molecule has 2 heterocycles. The maximum atomic E-state index is 12.4. The molecule has 9 heteroatoms. The number of rotatable bonds is 5. The van der Waals surface area contributed by atoms with Crippen LogP contribution in [0.25, 0.3) is 0 Å². The van der Waals surface area contributed by atoms with Crippen LogP contribution in [0.1, 0.15) is 12.8 Å². The Morgan fingerprint density at radius 1 is 1.16 bits per heavy atom. The maximum absolute atomic E-state index is 12.4. The lowest BCUT2D eigenvalue weighted by Gasteiger charge is -2.27. The summed E-state index contributed by atoms with van der Waals surface area (Å²) in [5, 5.41) is 3.17. The summed E-state index contributed by atoms with van der Waals surface area (Å²) in [6.45, 7) is 3.97. The summed E-state index contributed by atoms with van der Waals surface area (Å²) < 4.78 is 38.3.